The van der Waals surface area contributed by atoms with Crippen molar-refractivity contribution in [2.75, 3.05) is 19.6 Å². The molecule has 0 saturated heterocycles. The number of sulfonamides is 1. The lowest BCUT2D eigenvalue weighted by Gasteiger charge is -2.29. The van der Waals surface area contributed by atoms with Crippen LogP contribution in [0, 0.1) is 0 Å². The number of nitrogens with zero attached hydrogens (tertiary/aromatic N) is 1. The maximum absolute atomic E-state index is 12.3. The van der Waals surface area contributed by atoms with E-state index in [2.05, 4.69) is 10.0 Å². The van der Waals surface area contributed by atoms with Crippen molar-refractivity contribution in [1.82, 2.24) is 14.9 Å². The molecule has 8 heteroatoms. The third-order valence-corrected chi connectivity index (χ3v) is 5.63. The summed E-state index contributed by atoms with van der Waals surface area (Å²) in [5, 5.41) is 12.1. The largest absolute Gasteiger partial charge is 0.393 e. The van der Waals surface area contributed by atoms with Gasteiger partial charge in [-0.2, -0.15) is 0 Å². The number of aliphatic hydroxyl groups is 1. The van der Waals surface area contributed by atoms with Gasteiger partial charge in [-0.3, -0.25) is 0 Å². The highest BCUT2D eigenvalue weighted by molar-refractivity contribution is 7.89. The molecule has 3 N–H and O–H groups in total. The van der Waals surface area contributed by atoms with Crippen LogP contribution in [0.4, 0.5) is 4.79 Å². The maximum atomic E-state index is 12.3. The molecule has 1 aliphatic heterocycles. The molecule has 1 aromatic rings. The van der Waals surface area contributed by atoms with Gasteiger partial charge >= 0.3 is 6.03 Å². The molecule has 0 saturated carbocycles. The quantitative estimate of drug-likeness (QED) is 0.673. The van der Waals surface area contributed by atoms with Crippen LogP contribution < -0.4 is 10.0 Å². The van der Waals surface area contributed by atoms with Gasteiger partial charge in [-0.05, 0) is 49.4 Å². The average Bonchev–Trinajstić information content (AvgIpc) is 2.58. The first-order valence-electron chi connectivity index (χ1n) is 8.65. The summed E-state index contributed by atoms with van der Waals surface area (Å²) in [6, 6.07) is 4.94. The van der Waals surface area contributed by atoms with Crippen LogP contribution in [-0.4, -0.2) is 50.2 Å². The van der Waals surface area contributed by atoms with Gasteiger partial charge in [0.05, 0.1) is 11.0 Å². The van der Waals surface area contributed by atoms with Crippen molar-refractivity contribution in [3.63, 3.8) is 0 Å². The predicted octanol–water partition coefficient (Wildman–Crippen LogP) is 1.21. The van der Waals surface area contributed by atoms with Crippen LogP contribution in [0.1, 0.15) is 37.8 Å². The molecule has 0 radical (unpaired) electrons. The highest BCUT2D eigenvalue weighted by atomic mass is 32.2. The number of carbonyl (C=O) groups excluding carboxylic acids is 1. The molecular formula is C17H27N3O4S. The van der Waals surface area contributed by atoms with Gasteiger partial charge in [0, 0.05) is 26.2 Å². The summed E-state index contributed by atoms with van der Waals surface area (Å²) in [5.74, 6) is 0. The smallest absolute Gasteiger partial charge is 0.317 e. The molecule has 0 aliphatic carbocycles. The third kappa shape index (κ3) is 5.42. The SMILES string of the molecule is CCCNC(=O)N1CCc2cc(S(=O)(=O)NCC[C@H](C)O)ccc2C1. The van der Waals surface area contributed by atoms with E-state index in [0.717, 1.165) is 17.5 Å². The number of benzene rings is 1. The summed E-state index contributed by atoms with van der Waals surface area (Å²) in [7, 11) is -3.59. The molecule has 0 spiro atoms. The van der Waals surface area contributed by atoms with Crippen LogP contribution >= 0.6 is 0 Å². The molecule has 140 valence electrons. The van der Waals surface area contributed by atoms with Crippen LogP contribution in [0.2, 0.25) is 0 Å². The van der Waals surface area contributed by atoms with Crippen molar-refractivity contribution in [3.05, 3.63) is 29.3 Å². The zero-order valence-electron chi connectivity index (χ0n) is 14.8. The second-order valence-electron chi connectivity index (χ2n) is 6.37. The summed E-state index contributed by atoms with van der Waals surface area (Å²) < 4.78 is 27.1. The number of aliphatic hydroxyl groups excluding tert-OH is 1. The first-order valence-corrected chi connectivity index (χ1v) is 10.1. The Morgan fingerprint density at radius 1 is 1.32 bits per heavy atom. The topological polar surface area (TPSA) is 98.7 Å². The van der Waals surface area contributed by atoms with Crippen molar-refractivity contribution in [3.8, 4) is 0 Å². The predicted molar refractivity (Wildman–Crippen MR) is 95.7 cm³/mol. The Balaban J connectivity index is 2.05. The fourth-order valence-corrected chi connectivity index (χ4v) is 3.80. The number of hydrogen-bond donors (Lipinski definition) is 3. The number of urea groups is 1. The summed E-state index contributed by atoms with van der Waals surface area (Å²) in [6.45, 7) is 5.53. The van der Waals surface area contributed by atoms with E-state index in [0.29, 0.717) is 32.5 Å². The molecular weight excluding hydrogens is 342 g/mol. The van der Waals surface area contributed by atoms with Gasteiger partial charge in [0.1, 0.15) is 0 Å². The fourth-order valence-electron chi connectivity index (χ4n) is 2.70. The summed E-state index contributed by atoms with van der Waals surface area (Å²) in [5.41, 5.74) is 1.93. The summed E-state index contributed by atoms with van der Waals surface area (Å²) >= 11 is 0. The highest BCUT2D eigenvalue weighted by Gasteiger charge is 2.22. The van der Waals surface area contributed by atoms with Crippen molar-refractivity contribution in [2.24, 2.45) is 0 Å². The minimum absolute atomic E-state index is 0.0796. The summed E-state index contributed by atoms with van der Waals surface area (Å²) in [6.07, 6.45) is 1.34. The van der Waals surface area contributed by atoms with E-state index in [1.165, 1.54) is 0 Å². The third-order valence-electron chi connectivity index (χ3n) is 4.17. The number of nitrogens with one attached hydrogen (secondary N) is 2. The molecule has 1 heterocycles. The Bertz CT molecular complexity index is 704. The van der Waals surface area contributed by atoms with E-state index >= 15 is 0 Å². The Hall–Kier alpha value is -1.64. The van der Waals surface area contributed by atoms with E-state index in [-0.39, 0.29) is 17.5 Å². The molecule has 0 aromatic heterocycles. The van der Waals surface area contributed by atoms with Gasteiger partial charge in [-0.15, -0.1) is 0 Å². The maximum Gasteiger partial charge on any atom is 0.317 e. The van der Waals surface area contributed by atoms with Gasteiger partial charge in [0.25, 0.3) is 0 Å². The molecule has 1 atom stereocenters. The van der Waals surface area contributed by atoms with Crippen LogP contribution in [0.3, 0.4) is 0 Å². The van der Waals surface area contributed by atoms with Crippen molar-refractivity contribution < 1.29 is 18.3 Å². The first-order chi connectivity index (χ1) is 11.8. The van der Waals surface area contributed by atoms with Crippen LogP contribution in [-0.2, 0) is 23.0 Å². The van der Waals surface area contributed by atoms with Crippen LogP contribution in [0.5, 0.6) is 0 Å². The van der Waals surface area contributed by atoms with Gasteiger partial charge in [-0.25, -0.2) is 17.9 Å². The van der Waals surface area contributed by atoms with E-state index < -0.39 is 16.1 Å². The molecule has 7 nitrogen and oxygen atoms in total. The van der Waals surface area contributed by atoms with Crippen LogP contribution in [0.15, 0.2) is 23.1 Å². The van der Waals surface area contributed by atoms with E-state index in [9.17, 15) is 18.3 Å². The first kappa shape index (κ1) is 19.7. The Morgan fingerprint density at radius 3 is 2.76 bits per heavy atom. The lowest BCUT2D eigenvalue weighted by atomic mass is 10.0. The second kappa shape index (κ2) is 8.64. The monoisotopic (exact) mass is 369 g/mol. The lowest BCUT2D eigenvalue weighted by molar-refractivity contribution is 0.186. The molecule has 0 bridgehead atoms. The van der Waals surface area contributed by atoms with Crippen molar-refractivity contribution in [1.29, 1.82) is 0 Å². The molecule has 2 amide bonds. The molecule has 1 aliphatic rings. The fraction of sp³-hybridized carbons (Fsp3) is 0.588. The van der Waals surface area contributed by atoms with Gasteiger partial charge in [0.15, 0.2) is 0 Å². The number of carbonyl (C=O) groups is 1. The van der Waals surface area contributed by atoms with Crippen LogP contribution in [0.25, 0.3) is 0 Å². The van der Waals surface area contributed by atoms with Crippen molar-refractivity contribution in [2.45, 2.75) is 50.7 Å². The number of amides is 2. The Labute approximate surface area is 149 Å². The van der Waals surface area contributed by atoms with Gasteiger partial charge < -0.3 is 15.3 Å². The highest BCUT2D eigenvalue weighted by Crippen LogP contribution is 2.22. The molecule has 0 unspecified atom stereocenters. The zero-order chi connectivity index (χ0) is 18.4. The van der Waals surface area contributed by atoms with E-state index in [4.69, 9.17) is 0 Å². The lowest BCUT2D eigenvalue weighted by Crippen LogP contribution is -2.43. The number of fused-ring (bicyclic) bond motifs is 1. The molecule has 0 fully saturated rings. The number of hydrogen-bond acceptors (Lipinski definition) is 4. The normalized spacial score (nSPS) is 15.6. The number of rotatable bonds is 7. The minimum Gasteiger partial charge on any atom is -0.393 e. The molecule has 1 aromatic carbocycles. The standard InChI is InChI=1S/C17H27N3O4S/c1-3-8-18-17(22)20-10-7-14-11-16(5-4-15(14)12-20)25(23,24)19-9-6-13(2)21/h4-5,11,13,19,21H,3,6-10,12H2,1-2H3,(H,18,22)/t13-/m0/s1. The summed E-state index contributed by atoms with van der Waals surface area (Å²) in [4.78, 5) is 14.0. The molecule has 25 heavy (non-hydrogen) atoms. The second-order valence-corrected chi connectivity index (χ2v) is 8.14. The molecule has 2 rings (SSSR count). The van der Waals surface area contributed by atoms with Gasteiger partial charge in [0.2, 0.25) is 10.0 Å². The Morgan fingerprint density at radius 2 is 2.08 bits per heavy atom. The van der Waals surface area contributed by atoms with Crippen molar-refractivity contribution >= 4 is 16.1 Å². The van der Waals surface area contributed by atoms with E-state index in [1.54, 1.807) is 30.0 Å². The van der Waals surface area contributed by atoms with Gasteiger partial charge in [-0.1, -0.05) is 13.0 Å². The Kier molecular flexibility index (Phi) is 6.80. The van der Waals surface area contributed by atoms with E-state index in [1.807, 2.05) is 6.92 Å². The average molecular weight is 369 g/mol. The zero-order valence-corrected chi connectivity index (χ0v) is 15.6. The minimum atomic E-state index is -3.59.